The number of hydrogen-bond acceptors (Lipinski definition) is 5. The van der Waals surface area contributed by atoms with Crippen molar-refractivity contribution in [1.29, 1.82) is 0 Å². The number of rotatable bonds is 4. The number of aromatic nitrogens is 2. The van der Waals surface area contributed by atoms with Crippen LogP contribution in [-0.2, 0) is 10.9 Å². The van der Waals surface area contributed by atoms with Crippen LogP contribution in [0.4, 0.5) is 18.9 Å². The van der Waals surface area contributed by atoms with Gasteiger partial charge in [-0.15, -0.1) is 0 Å². The summed E-state index contributed by atoms with van der Waals surface area (Å²) in [7, 11) is 1.60. The molecule has 5 rings (SSSR count). The van der Waals surface area contributed by atoms with E-state index in [9.17, 15) is 13.2 Å². The third kappa shape index (κ3) is 4.46. The van der Waals surface area contributed by atoms with Gasteiger partial charge in [0.05, 0.1) is 25.7 Å². The summed E-state index contributed by atoms with van der Waals surface area (Å²) in [5.74, 6) is 1.39. The molecule has 36 heavy (non-hydrogen) atoms. The number of nitrogens with zero attached hydrogens (tertiary/aromatic N) is 3. The smallest absolute Gasteiger partial charge is 0.433 e. The van der Waals surface area contributed by atoms with Gasteiger partial charge in [-0.25, -0.2) is 0 Å². The van der Waals surface area contributed by atoms with E-state index in [0.717, 1.165) is 40.6 Å². The van der Waals surface area contributed by atoms with Gasteiger partial charge in [0, 0.05) is 40.2 Å². The number of para-hydroxylation sites is 1. The van der Waals surface area contributed by atoms with Gasteiger partial charge in [0.1, 0.15) is 23.3 Å². The summed E-state index contributed by atoms with van der Waals surface area (Å²) < 4.78 is 50.3. The summed E-state index contributed by atoms with van der Waals surface area (Å²) in [6, 6.07) is 16.1. The first kappa shape index (κ1) is 23.7. The normalized spacial score (nSPS) is 16.2. The zero-order chi connectivity index (χ0) is 25.4. The third-order valence-corrected chi connectivity index (χ3v) is 6.17. The molecule has 4 aromatic rings. The van der Waals surface area contributed by atoms with Gasteiger partial charge in [-0.05, 0) is 36.8 Å². The highest BCUT2D eigenvalue weighted by atomic mass is 19.4. The number of ether oxygens (including phenoxy) is 2. The van der Waals surface area contributed by atoms with Gasteiger partial charge in [-0.2, -0.15) is 13.2 Å². The second-order valence-corrected chi connectivity index (χ2v) is 8.73. The number of anilines is 1. The standard InChI is InChI=1S/C28H24F3N3O2/c1-17-15-34(16-18(2)36-17)21-10-7-19(8-11-21)24-14-33-26-22(5-4-6-23(26)27(24)35-3)20-9-12-25(32-13-20)28(29,30)31/h4-14,18H,1,15-16H2,2-3H3/t18-/m0/s1. The van der Waals surface area contributed by atoms with E-state index in [1.54, 1.807) is 13.3 Å². The molecule has 5 nitrogen and oxygen atoms in total. The first-order valence-electron chi connectivity index (χ1n) is 11.4. The average molecular weight is 492 g/mol. The Morgan fingerprint density at radius 3 is 2.36 bits per heavy atom. The van der Waals surface area contributed by atoms with Crippen LogP contribution >= 0.6 is 0 Å². The fourth-order valence-corrected chi connectivity index (χ4v) is 4.57. The lowest BCUT2D eigenvalue weighted by Crippen LogP contribution is -2.39. The number of benzene rings is 2. The molecule has 0 bridgehead atoms. The number of pyridine rings is 2. The lowest BCUT2D eigenvalue weighted by Gasteiger charge is -2.34. The SMILES string of the molecule is C=C1CN(c2ccc(-c3cnc4c(-c5ccc(C(F)(F)F)nc5)cccc4c3OC)cc2)C[C@H](C)O1. The second kappa shape index (κ2) is 9.18. The summed E-state index contributed by atoms with van der Waals surface area (Å²) in [5, 5.41) is 0.759. The molecular formula is C28H24F3N3O2. The molecule has 0 amide bonds. The first-order valence-corrected chi connectivity index (χ1v) is 11.4. The Kier molecular flexibility index (Phi) is 6.04. The highest BCUT2D eigenvalue weighted by Gasteiger charge is 2.32. The van der Waals surface area contributed by atoms with Crippen LogP contribution in [0.2, 0.25) is 0 Å². The van der Waals surface area contributed by atoms with Crippen molar-refractivity contribution in [3.8, 4) is 28.0 Å². The summed E-state index contributed by atoms with van der Waals surface area (Å²) in [6.07, 6.45) is -1.46. The van der Waals surface area contributed by atoms with Crippen molar-refractivity contribution in [3.05, 3.63) is 85.0 Å². The molecule has 0 radical (unpaired) electrons. The molecule has 2 aromatic carbocycles. The van der Waals surface area contributed by atoms with Crippen LogP contribution in [0.15, 0.2) is 79.3 Å². The largest absolute Gasteiger partial charge is 0.495 e. The molecule has 0 aliphatic carbocycles. The molecule has 1 fully saturated rings. The Balaban J connectivity index is 1.51. The number of hydrogen-bond donors (Lipinski definition) is 0. The molecule has 3 heterocycles. The molecule has 1 saturated heterocycles. The van der Waals surface area contributed by atoms with E-state index in [1.165, 1.54) is 12.3 Å². The first-order chi connectivity index (χ1) is 17.2. The minimum Gasteiger partial charge on any atom is -0.495 e. The van der Waals surface area contributed by atoms with Crippen LogP contribution < -0.4 is 9.64 Å². The zero-order valence-electron chi connectivity index (χ0n) is 19.8. The van der Waals surface area contributed by atoms with E-state index in [4.69, 9.17) is 9.47 Å². The van der Waals surface area contributed by atoms with Crippen LogP contribution in [0.5, 0.6) is 5.75 Å². The number of alkyl halides is 3. The van der Waals surface area contributed by atoms with Crippen LogP contribution in [0.25, 0.3) is 33.2 Å². The molecule has 0 unspecified atom stereocenters. The molecule has 0 saturated carbocycles. The summed E-state index contributed by atoms with van der Waals surface area (Å²) >= 11 is 0. The fraction of sp³-hybridized carbons (Fsp3) is 0.214. The van der Waals surface area contributed by atoms with Crippen molar-refractivity contribution in [2.75, 3.05) is 25.1 Å². The van der Waals surface area contributed by atoms with Crippen LogP contribution in [-0.4, -0.2) is 36.3 Å². The quantitative estimate of drug-likeness (QED) is 0.317. The maximum absolute atomic E-state index is 12.9. The molecule has 8 heteroatoms. The Morgan fingerprint density at radius 1 is 0.972 bits per heavy atom. The van der Waals surface area contributed by atoms with Crippen LogP contribution in [0.3, 0.4) is 0 Å². The van der Waals surface area contributed by atoms with Gasteiger partial charge in [-0.1, -0.05) is 36.9 Å². The molecule has 184 valence electrons. The molecule has 1 aliphatic rings. The lowest BCUT2D eigenvalue weighted by molar-refractivity contribution is -0.141. The Morgan fingerprint density at radius 2 is 1.72 bits per heavy atom. The number of fused-ring (bicyclic) bond motifs is 1. The van der Waals surface area contributed by atoms with Crippen molar-refractivity contribution in [2.45, 2.75) is 19.2 Å². The average Bonchev–Trinajstić information content (AvgIpc) is 2.86. The third-order valence-electron chi connectivity index (χ3n) is 6.17. The van der Waals surface area contributed by atoms with Gasteiger partial charge in [0.2, 0.25) is 0 Å². The van der Waals surface area contributed by atoms with Gasteiger partial charge >= 0.3 is 6.18 Å². The molecule has 1 atom stereocenters. The van der Waals surface area contributed by atoms with Crippen molar-refractivity contribution < 1.29 is 22.6 Å². The van der Waals surface area contributed by atoms with E-state index in [-0.39, 0.29) is 6.10 Å². The van der Waals surface area contributed by atoms with Gasteiger partial charge in [0.25, 0.3) is 0 Å². The topological polar surface area (TPSA) is 47.5 Å². The van der Waals surface area contributed by atoms with Gasteiger partial charge in [0.15, 0.2) is 0 Å². The summed E-state index contributed by atoms with van der Waals surface area (Å²) in [6.45, 7) is 7.40. The van der Waals surface area contributed by atoms with Crippen molar-refractivity contribution in [3.63, 3.8) is 0 Å². The zero-order valence-corrected chi connectivity index (χ0v) is 19.8. The van der Waals surface area contributed by atoms with E-state index in [2.05, 4.69) is 33.6 Å². The highest BCUT2D eigenvalue weighted by molar-refractivity contribution is 6.00. The molecule has 0 N–H and O–H groups in total. The summed E-state index contributed by atoms with van der Waals surface area (Å²) in [5.41, 5.74) is 3.73. The predicted molar refractivity (Wildman–Crippen MR) is 134 cm³/mol. The highest BCUT2D eigenvalue weighted by Crippen LogP contribution is 2.39. The van der Waals surface area contributed by atoms with Gasteiger partial charge in [-0.3, -0.25) is 9.97 Å². The Labute approximate surface area is 206 Å². The van der Waals surface area contributed by atoms with Crippen LogP contribution in [0.1, 0.15) is 12.6 Å². The Bertz CT molecular complexity index is 1420. The minimum absolute atomic E-state index is 0.0739. The monoisotopic (exact) mass is 491 g/mol. The molecular weight excluding hydrogens is 467 g/mol. The van der Waals surface area contributed by atoms with Crippen molar-refractivity contribution >= 4 is 16.6 Å². The number of methoxy groups -OCH3 is 1. The van der Waals surface area contributed by atoms with Crippen molar-refractivity contribution in [1.82, 2.24) is 9.97 Å². The molecule has 1 aliphatic heterocycles. The number of morpholine rings is 1. The van der Waals surface area contributed by atoms with Crippen LogP contribution in [0, 0.1) is 0 Å². The maximum Gasteiger partial charge on any atom is 0.433 e. The van der Waals surface area contributed by atoms with E-state index >= 15 is 0 Å². The number of halogens is 3. The second-order valence-electron chi connectivity index (χ2n) is 8.73. The van der Waals surface area contributed by atoms with E-state index in [1.807, 2.05) is 37.3 Å². The predicted octanol–water partition coefficient (Wildman–Crippen LogP) is 6.73. The lowest BCUT2D eigenvalue weighted by atomic mass is 9.99. The Hall–Kier alpha value is -4.07. The fourth-order valence-electron chi connectivity index (χ4n) is 4.57. The summed E-state index contributed by atoms with van der Waals surface area (Å²) in [4.78, 5) is 10.5. The van der Waals surface area contributed by atoms with Gasteiger partial charge < -0.3 is 14.4 Å². The molecule has 0 spiro atoms. The molecule has 2 aromatic heterocycles. The van der Waals surface area contributed by atoms with E-state index in [0.29, 0.717) is 28.9 Å². The van der Waals surface area contributed by atoms with Crippen molar-refractivity contribution in [2.24, 2.45) is 0 Å². The maximum atomic E-state index is 12.9. The minimum atomic E-state index is -4.49. The van der Waals surface area contributed by atoms with E-state index < -0.39 is 11.9 Å².